The largest absolute Gasteiger partial charge is 0.444 e. The van der Waals surface area contributed by atoms with Crippen LogP contribution in [0.5, 0.6) is 0 Å². The zero-order valence-corrected chi connectivity index (χ0v) is 14.1. The van der Waals surface area contributed by atoms with E-state index < -0.39 is 43.1 Å². The van der Waals surface area contributed by atoms with Crippen LogP contribution in [0.2, 0.25) is 0 Å². The van der Waals surface area contributed by atoms with E-state index >= 15 is 0 Å². The number of amidine groups is 1. The fourth-order valence-corrected chi connectivity index (χ4v) is 2.53. The maximum Gasteiger partial charge on any atom is 0.413 e. The lowest BCUT2D eigenvalue weighted by atomic mass is 10.1. The van der Waals surface area contributed by atoms with Crippen molar-refractivity contribution in [1.82, 2.24) is 20.1 Å². The first kappa shape index (κ1) is 18.9. The van der Waals surface area contributed by atoms with Crippen molar-refractivity contribution in [1.29, 1.82) is 5.41 Å². The molecular weight excluding hydrogens is 358 g/mol. The predicted octanol–water partition coefficient (Wildman–Crippen LogP) is -0.859. The van der Waals surface area contributed by atoms with Crippen LogP contribution in [0, 0.1) is 5.41 Å². The Morgan fingerprint density at radius 1 is 1.30 bits per heavy atom. The van der Waals surface area contributed by atoms with Gasteiger partial charge in [0.15, 0.2) is 12.1 Å². The number of aliphatic hydroxyl groups excluding tert-OH is 3. The Labute approximate surface area is 153 Å². The first-order valence-corrected chi connectivity index (χ1v) is 8.10. The number of rotatable bonds is 5. The minimum atomic E-state index is -1.32. The Hall–Kier alpha value is -2.86. The van der Waals surface area contributed by atoms with Gasteiger partial charge in [-0.25, -0.2) is 14.5 Å². The second-order valence-corrected chi connectivity index (χ2v) is 5.84. The molecule has 4 atom stereocenters. The average Bonchev–Trinajstić information content (AvgIpc) is 3.27. The molecule has 1 aromatic carbocycles. The number of hydrogen-bond acceptors (Lipinski definition) is 9. The van der Waals surface area contributed by atoms with Crippen LogP contribution in [0.1, 0.15) is 17.6 Å². The molecule has 11 nitrogen and oxygen atoms in total. The summed E-state index contributed by atoms with van der Waals surface area (Å²) in [6.07, 6.45) is -4.29. The van der Waals surface area contributed by atoms with E-state index in [1.165, 1.54) is 6.33 Å². The molecule has 2 aromatic rings. The van der Waals surface area contributed by atoms with Crippen LogP contribution in [0.4, 0.5) is 4.79 Å². The minimum absolute atomic E-state index is 0.0460. The summed E-state index contributed by atoms with van der Waals surface area (Å²) in [5, 5.41) is 42.8. The number of benzene rings is 1. The summed E-state index contributed by atoms with van der Waals surface area (Å²) < 4.78 is 11.4. The number of ether oxygens (including phenoxy) is 2. The number of carbonyl (C=O) groups is 1. The van der Waals surface area contributed by atoms with Crippen molar-refractivity contribution in [3.8, 4) is 0 Å². The van der Waals surface area contributed by atoms with Crippen LogP contribution in [0.15, 0.2) is 36.7 Å². The van der Waals surface area contributed by atoms with Crippen molar-refractivity contribution >= 4 is 11.9 Å². The highest BCUT2D eigenvalue weighted by Gasteiger charge is 2.44. The van der Waals surface area contributed by atoms with Crippen molar-refractivity contribution < 1.29 is 29.6 Å². The normalized spacial score (nSPS) is 24.6. The summed E-state index contributed by atoms with van der Waals surface area (Å²) in [6, 6.07) is 9.06. The monoisotopic (exact) mass is 377 g/mol. The number of nitrogens with one attached hydrogen (secondary N) is 2. The van der Waals surface area contributed by atoms with Gasteiger partial charge in [0.25, 0.3) is 0 Å². The Morgan fingerprint density at radius 3 is 2.70 bits per heavy atom. The Bertz CT molecular complexity index is 798. The van der Waals surface area contributed by atoms with E-state index in [9.17, 15) is 15.0 Å². The van der Waals surface area contributed by atoms with Crippen LogP contribution in [0.25, 0.3) is 0 Å². The van der Waals surface area contributed by atoms with Crippen molar-refractivity contribution in [3.05, 3.63) is 48.0 Å². The molecule has 27 heavy (non-hydrogen) atoms. The van der Waals surface area contributed by atoms with E-state index in [2.05, 4.69) is 15.4 Å². The number of aromatic nitrogens is 3. The first-order valence-electron chi connectivity index (χ1n) is 8.10. The maximum absolute atomic E-state index is 11.8. The first-order chi connectivity index (χ1) is 13.0. The summed E-state index contributed by atoms with van der Waals surface area (Å²) in [7, 11) is 0. The van der Waals surface area contributed by atoms with Gasteiger partial charge in [0.1, 0.15) is 31.2 Å². The van der Waals surface area contributed by atoms with Gasteiger partial charge in [0, 0.05) is 0 Å². The average molecular weight is 377 g/mol. The zero-order chi connectivity index (χ0) is 19.4. The number of amides is 1. The summed E-state index contributed by atoms with van der Waals surface area (Å²) in [4.78, 5) is 15.6. The zero-order valence-electron chi connectivity index (χ0n) is 14.1. The van der Waals surface area contributed by atoms with E-state index in [1.54, 1.807) is 12.1 Å². The molecule has 1 aliphatic heterocycles. The van der Waals surface area contributed by atoms with E-state index in [-0.39, 0.29) is 12.4 Å². The molecular formula is C16H19N5O6. The molecule has 144 valence electrons. The van der Waals surface area contributed by atoms with Gasteiger partial charge in [-0.3, -0.25) is 10.7 Å². The van der Waals surface area contributed by atoms with Gasteiger partial charge >= 0.3 is 6.09 Å². The fraction of sp³-hybridized carbons (Fsp3) is 0.375. The van der Waals surface area contributed by atoms with Crippen LogP contribution in [0.3, 0.4) is 0 Å². The van der Waals surface area contributed by atoms with Crippen LogP contribution in [-0.4, -0.2) is 66.9 Å². The van der Waals surface area contributed by atoms with Crippen LogP contribution >= 0.6 is 0 Å². The molecule has 0 saturated carbocycles. The van der Waals surface area contributed by atoms with E-state index in [0.717, 1.165) is 10.2 Å². The number of aliphatic hydroxyl groups is 3. The molecule has 2 heterocycles. The molecule has 0 unspecified atom stereocenters. The third-order valence-corrected chi connectivity index (χ3v) is 3.95. The Kier molecular flexibility index (Phi) is 5.76. The molecule has 3 rings (SSSR count). The van der Waals surface area contributed by atoms with Gasteiger partial charge in [0.05, 0.1) is 6.61 Å². The molecule has 0 bridgehead atoms. The number of carbonyl (C=O) groups excluding carboxylic acids is 1. The van der Waals surface area contributed by atoms with Crippen LogP contribution < -0.4 is 5.32 Å². The summed E-state index contributed by atoms with van der Waals surface area (Å²) >= 11 is 0. The van der Waals surface area contributed by atoms with Crippen molar-refractivity contribution in [3.63, 3.8) is 0 Å². The lowest BCUT2D eigenvalue weighted by Crippen LogP contribution is -2.33. The molecule has 1 saturated heterocycles. The highest BCUT2D eigenvalue weighted by atomic mass is 16.6. The molecule has 0 spiro atoms. The number of nitrogens with zero attached hydrogens (tertiary/aromatic N) is 3. The summed E-state index contributed by atoms with van der Waals surface area (Å²) in [5.74, 6) is -0.539. The minimum Gasteiger partial charge on any atom is -0.444 e. The van der Waals surface area contributed by atoms with Gasteiger partial charge < -0.3 is 24.8 Å². The third-order valence-electron chi connectivity index (χ3n) is 3.95. The standard InChI is InChI=1S/C16H19N5O6/c17-13(19-16(25)26-7-9-4-2-1-3-5-9)14-18-8-21(20-14)15-12(24)11(23)10(6-22)27-15/h1-5,8,10-12,15,22-24H,6-7H2,(H2,17,19,25)/t10-,11-,12-,15-/m1/s1. The SMILES string of the molecule is N=C(NC(=O)OCc1ccccc1)c1ncn([C@@H]2O[C@H](CO)[C@@H](O)[C@H]2O)n1. The second kappa shape index (κ2) is 8.22. The Morgan fingerprint density at radius 2 is 2.04 bits per heavy atom. The van der Waals surface area contributed by atoms with Gasteiger partial charge in [-0.15, -0.1) is 5.10 Å². The molecule has 1 fully saturated rings. The highest BCUT2D eigenvalue weighted by molar-refractivity contribution is 6.01. The Balaban J connectivity index is 1.56. The van der Waals surface area contributed by atoms with E-state index in [0.29, 0.717) is 0 Å². The van der Waals surface area contributed by atoms with Crippen molar-refractivity contribution in [2.45, 2.75) is 31.1 Å². The van der Waals surface area contributed by atoms with Crippen LogP contribution in [-0.2, 0) is 16.1 Å². The topological polar surface area (TPSA) is 163 Å². The highest BCUT2D eigenvalue weighted by Crippen LogP contribution is 2.28. The molecule has 5 N–H and O–H groups in total. The van der Waals surface area contributed by atoms with E-state index in [4.69, 9.17) is 20.0 Å². The second-order valence-electron chi connectivity index (χ2n) is 5.84. The molecule has 1 aromatic heterocycles. The van der Waals surface area contributed by atoms with E-state index in [1.807, 2.05) is 18.2 Å². The smallest absolute Gasteiger partial charge is 0.413 e. The molecule has 0 aliphatic carbocycles. The molecule has 1 amide bonds. The van der Waals surface area contributed by atoms with Crippen molar-refractivity contribution in [2.75, 3.05) is 6.61 Å². The van der Waals surface area contributed by atoms with Gasteiger partial charge in [-0.2, -0.15) is 0 Å². The lowest BCUT2D eigenvalue weighted by Gasteiger charge is -2.13. The summed E-state index contributed by atoms with van der Waals surface area (Å²) in [6.45, 7) is -0.425. The van der Waals surface area contributed by atoms with Gasteiger partial charge in [-0.1, -0.05) is 30.3 Å². The lowest BCUT2D eigenvalue weighted by molar-refractivity contribution is -0.0588. The number of alkyl carbamates (subject to hydrolysis) is 1. The third kappa shape index (κ3) is 4.28. The molecule has 1 aliphatic rings. The van der Waals surface area contributed by atoms with Gasteiger partial charge in [0.2, 0.25) is 5.82 Å². The quantitative estimate of drug-likeness (QED) is 0.332. The maximum atomic E-state index is 11.8. The van der Waals surface area contributed by atoms with Gasteiger partial charge in [-0.05, 0) is 5.56 Å². The predicted molar refractivity (Wildman–Crippen MR) is 89.6 cm³/mol. The molecule has 11 heteroatoms. The fourth-order valence-electron chi connectivity index (χ4n) is 2.53. The molecule has 0 radical (unpaired) electrons. The van der Waals surface area contributed by atoms with Crippen molar-refractivity contribution in [2.24, 2.45) is 0 Å². The summed E-state index contributed by atoms with van der Waals surface area (Å²) in [5.41, 5.74) is 0.797. The number of hydrogen-bond donors (Lipinski definition) is 5.